The minimum absolute atomic E-state index is 0.00190. The van der Waals surface area contributed by atoms with Crippen LogP contribution in [-0.4, -0.2) is 30.1 Å². The molecule has 0 aromatic heterocycles. The Bertz CT molecular complexity index is 601. The Morgan fingerprint density at radius 2 is 1.96 bits per heavy atom. The maximum absolute atomic E-state index is 12.0. The highest BCUT2D eigenvalue weighted by Gasteiger charge is 2.60. The van der Waals surface area contributed by atoms with Crippen molar-refractivity contribution in [2.24, 2.45) is 34.5 Å². The van der Waals surface area contributed by atoms with E-state index >= 15 is 0 Å². The van der Waals surface area contributed by atoms with Crippen LogP contribution >= 0.6 is 0 Å². The van der Waals surface area contributed by atoms with E-state index in [0.29, 0.717) is 30.3 Å². The van der Waals surface area contributed by atoms with Gasteiger partial charge in [0, 0.05) is 5.41 Å². The summed E-state index contributed by atoms with van der Waals surface area (Å²) in [5.74, 6) is 2.66. The van der Waals surface area contributed by atoms with E-state index in [9.17, 15) is 9.90 Å². The van der Waals surface area contributed by atoms with Gasteiger partial charge in [0.1, 0.15) is 6.10 Å². The number of rotatable bonds is 3. The largest absolute Gasteiger partial charge is 0.508 e. The molecule has 8 atom stereocenters. The monoisotopic (exact) mass is 376 g/mol. The van der Waals surface area contributed by atoms with Crippen LogP contribution < -0.4 is 0 Å². The van der Waals surface area contributed by atoms with Crippen molar-refractivity contribution in [1.29, 1.82) is 0 Å². The van der Waals surface area contributed by atoms with E-state index in [1.54, 1.807) is 0 Å². The van der Waals surface area contributed by atoms with Gasteiger partial charge in [0.25, 0.3) is 0 Å². The molecule has 0 aromatic rings. The fourth-order valence-corrected chi connectivity index (χ4v) is 7.27. The Balaban J connectivity index is 1.50. The van der Waals surface area contributed by atoms with Gasteiger partial charge in [-0.25, -0.2) is 4.79 Å². The highest BCUT2D eigenvalue weighted by molar-refractivity contribution is 5.60. The molecular formula is C23H36O4. The molecule has 4 aliphatic carbocycles. The summed E-state index contributed by atoms with van der Waals surface area (Å²) in [5, 5.41) is 10.1. The Morgan fingerprint density at radius 3 is 2.74 bits per heavy atom. The standard InChI is InChI=1S/C23H36O4/c1-4-13-26-21(25)27-20-8-7-18-17-6-5-15-14-16(24)9-11-22(15,2)19(17)10-12-23(18,20)3/h9,11,15-20,24H,4-8,10,12-14H2,1-3H3/t15-,16+,17-,18-,19-,20-,22-,23-/m0/s1. The summed E-state index contributed by atoms with van der Waals surface area (Å²) < 4.78 is 11.0. The van der Waals surface area contributed by atoms with Gasteiger partial charge in [-0.15, -0.1) is 0 Å². The second-order valence-electron chi connectivity index (χ2n) is 10.0. The zero-order chi connectivity index (χ0) is 19.2. The molecule has 0 saturated heterocycles. The van der Waals surface area contributed by atoms with Crippen molar-refractivity contribution in [2.45, 2.75) is 84.3 Å². The molecule has 0 unspecified atom stereocenters. The lowest BCUT2D eigenvalue weighted by molar-refractivity contribution is -0.107. The highest BCUT2D eigenvalue weighted by Crippen LogP contribution is 2.65. The van der Waals surface area contributed by atoms with Crippen molar-refractivity contribution < 1.29 is 19.4 Å². The zero-order valence-corrected chi connectivity index (χ0v) is 17.2. The van der Waals surface area contributed by atoms with Crippen molar-refractivity contribution in [3.05, 3.63) is 12.2 Å². The van der Waals surface area contributed by atoms with E-state index in [4.69, 9.17) is 9.47 Å². The number of ether oxygens (including phenoxy) is 2. The fraction of sp³-hybridized carbons (Fsp3) is 0.870. The quantitative estimate of drug-likeness (QED) is 0.550. The number of carbonyl (C=O) groups is 1. The molecule has 152 valence electrons. The van der Waals surface area contributed by atoms with Crippen LogP contribution in [0.1, 0.15) is 72.1 Å². The molecule has 0 heterocycles. The molecule has 0 spiro atoms. The first-order chi connectivity index (χ1) is 12.9. The number of carbonyl (C=O) groups excluding carboxylic acids is 1. The summed E-state index contributed by atoms with van der Waals surface area (Å²) in [6.07, 6.45) is 12.3. The van der Waals surface area contributed by atoms with E-state index in [-0.39, 0.29) is 23.0 Å². The molecule has 4 rings (SSSR count). The van der Waals surface area contributed by atoms with Crippen molar-refractivity contribution in [1.82, 2.24) is 0 Å². The molecule has 4 heteroatoms. The predicted molar refractivity (Wildman–Crippen MR) is 104 cm³/mol. The number of hydrogen-bond donors (Lipinski definition) is 1. The predicted octanol–water partition coefficient (Wildman–Crippen LogP) is 5.10. The molecule has 4 aliphatic rings. The van der Waals surface area contributed by atoms with Gasteiger partial charge in [0.2, 0.25) is 0 Å². The van der Waals surface area contributed by atoms with Crippen LogP contribution in [0.25, 0.3) is 0 Å². The number of hydrogen-bond acceptors (Lipinski definition) is 4. The van der Waals surface area contributed by atoms with Crippen LogP contribution in [0.3, 0.4) is 0 Å². The summed E-state index contributed by atoms with van der Waals surface area (Å²) in [6.45, 7) is 7.23. The Kier molecular flexibility index (Phi) is 5.07. The summed E-state index contributed by atoms with van der Waals surface area (Å²) in [7, 11) is 0. The van der Waals surface area contributed by atoms with Crippen LogP contribution in [0.5, 0.6) is 0 Å². The van der Waals surface area contributed by atoms with E-state index in [1.165, 1.54) is 19.3 Å². The Labute approximate surface area is 163 Å². The molecule has 1 N–H and O–H groups in total. The van der Waals surface area contributed by atoms with Gasteiger partial charge in [-0.05, 0) is 80.5 Å². The first kappa shape index (κ1) is 19.3. The normalized spacial score (nSPS) is 48.3. The fourth-order valence-electron chi connectivity index (χ4n) is 7.27. The minimum Gasteiger partial charge on any atom is -0.434 e. The van der Waals surface area contributed by atoms with Gasteiger partial charge in [-0.3, -0.25) is 0 Å². The summed E-state index contributed by atoms with van der Waals surface area (Å²) in [5.41, 5.74) is 0.315. The molecule has 0 bridgehead atoms. The maximum atomic E-state index is 12.0. The van der Waals surface area contributed by atoms with Crippen LogP contribution in [0.4, 0.5) is 4.79 Å². The first-order valence-electron chi connectivity index (χ1n) is 11.1. The lowest BCUT2D eigenvalue weighted by atomic mass is 9.46. The van der Waals surface area contributed by atoms with Gasteiger partial charge >= 0.3 is 6.16 Å². The SMILES string of the molecule is CCCOC(=O)O[C@H]1CC[C@H]2[C@@H]3CC[C@H]4C[C@H](O)C=C[C@]4(C)[C@H]3CC[C@]12C. The number of fused-ring (bicyclic) bond motifs is 5. The van der Waals surface area contributed by atoms with Gasteiger partial charge in [0.15, 0.2) is 0 Å². The Hall–Kier alpha value is -1.03. The van der Waals surface area contributed by atoms with Gasteiger partial charge in [-0.2, -0.15) is 0 Å². The van der Waals surface area contributed by atoms with Gasteiger partial charge in [0.05, 0.1) is 12.7 Å². The topological polar surface area (TPSA) is 55.8 Å². The van der Waals surface area contributed by atoms with Gasteiger partial charge < -0.3 is 14.6 Å². The average Bonchev–Trinajstić information content (AvgIpc) is 2.97. The summed E-state index contributed by atoms with van der Waals surface area (Å²) >= 11 is 0. The molecule has 0 amide bonds. The molecule has 0 radical (unpaired) electrons. The third-order valence-electron chi connectivity index (χ3n) is 8.74. The van der Waals surface area contributed by atoms with Crippen molar-refractivity contribution in [3.63, 3.8) is 0 Å². The van der Waals surface area contributed by atoms with Crippen LogP contribution in [0.2, 0.25) is 0 Å². The lowest BCUT2D eigenvalue weighted by Gasteiger charge is -2.59. The van der Waals surface area contributed by atoms with Crippen LogP contribution in [0, 0.1) is 34.5 Å². The molecule has 4 nitrogen and oxygen atoms in total. The van der Waals surface area contributed by atoms with E-state index in [0.717, 1.165) is 32.1 Å². The van der Waals surface area contributed by atoms with E-state index < -0.39 is 6.16 Å². The van der Waals surface area contributed by atoms with E-state index in [2.05, 4.69) is 19.9 Å². The second kappa shape index (κ2) is 7.09. The smallest absolute Gasteiger partial charge is 0.434 e. The van der Waals surface area contributed by atoms with Crippen molar-refractivity contribution in [3.8, 4) is 0 Å². The molecule has 0 aliphatic heterocycles. The Morgan fingerprint density at radius 1 is 1.15 bits per heavy atom. The third-order valence-corrected chi connectivity index (χ3v) is 8.74. The van der Waals surface area contributed by atoms with Crippen LogP contribution in [0.15, 0.2) is 12.2 Å². The first-order valence-corrected chi connectivity index (χ1v) is 11.1. The number of aliphatic hydroxyl groups excluding tert-OH is 1. The summed E-state index contributed by atoms with van der Waals surface area (Å²) in [4.78, 5) is 12.0. The highest BCUT2D eigenvalue weighted by atomic mass is 16.7. The average molecular weight is 377 g/mol. The van der Waals surface area contributed by atoms with E-state index in [1.807, 2.05) is 13.0 Å². The van der Waals surface area contributed by atoms with Crippen LogP contribution in [-0.2, 0) is 9.47 Å². The number of aliphatic hydroxyl groups is 1. The maximum Gasteiger partial charge on any atom is 0.508 e. The molecular weight excluding hydrogens is 340 g/mol. The van der Waals surface area contributed by atoms with Gasteiger partial charge in [-0.1, -0.05) is 32.9 Å². The molecule has 3 fully saturated rings. The molecule has 0 aromatic carbocycles. The third kappa shape index (κ3) is 3.12. The molecule has 27 heavy (non-hydrogen) atoms. The zero-order valence-electron chi connectivity index (χ0n) is 17.2. The van der Waals surface area contributed by atoms with Crippen molar-refractivity contribution in [2.75, 3.05) is 6.61 Å². The number of allylic oxidation sites excluding steroid dienone is 1. The second-order valence-corrected chi connectivity index (χ2v) is 10.0. The molecule has 3 saturated carbocycles. The summed E-state index contributed by atoms with van der Waals surface area (Å²) in [6, 6.07) is 0. The lowest BCUT2D eigenvalue weighted by Crippen LogP contribution is -2.53. The van der Waals surface area contributed by atoms with Crippen molar-refractivity contribution >= 4 is 6.16 Å². The minimum atomic E-state index is -0.481.